The molecule has 0 fully saturated rings. The highest BCUT2D eigenvalue weighted by atomic mass is 16.5. The quantitative estimate of drug-likeness (QED) is 0.353. The molecular formula is C26H32O2. The van der Waals surface area contributed by atoms with Crippen molar-refractivity contribution in [3.63, 3.8) is 0 Å². The predicted octanol–water partition coefficient (Wildman–Crippen LogP) is 7.08. The number of carbonyl (C=O) groups excluding carboxylic acids is 1. The van der Waals surface area contributed by atoms with Crippen LogP contribution in [0.25, 0.3) is 11.1 Å². The fraction of sp³-hybridized carbons (Fsp3) is 0.462. The van der Waals surface area contributed by atoms with Gasteiger partial charge in [-0.05, 0) is 47.1 Å². The Labute approximate surface area is 170 Å². The third-order valence-electron chi connectivity index (χ3n) is 5.79. The van der Waals surface area contributed by atoms with Crippen LogP contribution in [0.3, 0.4) is 0 Å². The van der Waals surface area contributed by atoms with Crippen molar-refractivity contribution in [3.05, 3.63) is 65.6 Å². The predicted molar refractivity (Wildman–Crippen MR) is 115 cm³/mol. The van der Waals surface area contributed by atoms with E-state index in [2.05, 4.69) is 39.3 Å². The molecule has 3 rings (SSSR count). The van der Waals surface area contributed by atoms with E-state index in [0.717, 1.165) is 47.9 Å². The molecule has 2 aromatic rings. The van der Waals surface area contributed by atoms with E-state index in [-0.39, 0.29) is 12.1 Å². The number of carbonyl (C=O) groups is 1. The van der Waals surface area contributed by atoms with E-state index in [4.69, 9.17) is 4.74 Å². The molecule has 0 saturated heterocycles. The molecule has 2 atom stereocenters. The van der Waals surface area contributed by atoms with Crippen molar-refractivity contribution in [1.82, 2.24) is 0 Å². The summed E-state index contributed by atoms with van der Waals surface area (Å²) < 4.78 is 6.03. The van der Waals surface area contributed by atoms with Crippen LogP contribution in [0.2, 0.25) is 0 Å². The second kappa shape index (κ2) is 9.91. The molecule has 0 spiro atoms. The van der Waals surface area contributed by atoms with Crippen LogP contribution >= 0.6 is 0 Å². The number of fused-ring (bicyclic) bond motifs is 3. The number of ether oxygens (including phenoxy) is 1. The Kier molecular flexibility index (Phi) is 7.30. The summed E-state index contributed by atoms with van der Waals surface area (Å²) in [4.78, 5) is 13.1. The molecule has 2 unspecified atom stereocenters. The lowest BCUT2D eigenvalue weighted by molar-refractivity contribution is 0.0211. The average molecular weight is 377 g/mol. The van der Waals surface area contributed by atoms with Crippen LogP contribution in [0, 0.1) is 12.3 Å². The Morgan fingerprint density at radius 2 is 1.75 bits per heavy atom. The summed E-state index contributed by atoms with van der Waals surface area (Å²) in [5.41, 5.74) is 4.78. The first-order valence-corrected chi connectivity index (χ1v) is 10.9. The highest BCUT2D eigenvalue weighted by Crippen LogP contribution is 2.39. The van der Waals surface area contributed by atoms with Crippen molar-refractivity contribution >= 4 is 5.97 Å². The van der Waals surface area contributed by atoms with Gasteiger partial charge in [0.15, 0.2) is 0 Å². The molecule has 0 heterocycles. The van der Waals surface area contributed by atoms with Crippen molar-refractivity contribution in [2.24, 2.45) is 5.92 Å². The Bertz CT molecular complexity index is 793. The maximum Gasteiger partial charge on any atom is 0.338 e. The third-order valence-corrected chi connectivity index (χ3v) is 5.79. The number of hydrogen-bond donors (Lipinski definition) is 0. The minimum absolute atomic E-state index is 0.000981. The molecule has 2 radical (unpaired) electrons. The molecular weight excluding hydrogens is 344 g/mol. The van der Waals surface area contributed by atoms with E-state index < -0.39 is 0 Å². The Balaban J connectivity index is 1.75. The van der Waals surface area contributed by atoms with Crippen LogP contribution in [-0.4, -0.2) is 12.1 Å². The van der Waals surface area contributed by atoms with E-state index >= 15 is 0 Å². The van der Waals surface area contributed by atoms with Crippen LogP contribution in [-0.2, 0) is 4.74 Å². The zero-order chi connectivity index (χ0) is 19.9. The fourth-order valence-corrected chi connectivity index (χ4v) is 4.16. The zero-order valence-corrected chi connectivity index (χ0v) is 17.5. The molecule has 2 aromatic carbocycles. The van der Waals surface area contributed by atoms with Crippen LogP contribution in [0.5, 0.6) is 0 Å². The maximum atomic E-state index is 13.1. The van der Waals surface area contributed by atoms with Gasteiger partial charge >= 0.3 is 5.97 Å². The molecule has 1 aliphatic carbocycles. The molecule has 0 amide bonds. The zero-order valence-electron chi connectivity index (χ0n) is 17.5. The first kappa shape index (κ1) is 20.6. The summed E-state index contributed by atoms with van der Waals surface area (Å²) in [5.74, 6) is 0.425. The van der Waals surface area contributed by atoms with E-state index in [0.29, 0.717) is 11.5 Å². The van der Waals surface area contributed by atoms with Gasteiger partial charge in [0.05, 0.1) is 12.0 Å². The molecule has 0 bridgehead atoms. The van der Waals surface area contributed by atoms with Crippen LogP contribution in [0.15, 0.2) is 42.5 Å². The molecule has 1 aliphatic rings. The smallest absolute Gasteiger partial charge is 0.338 e. The SMILES string of the molecule is CCCCC(CC)CC(CCC)OC(=O)c1cccc2c1[C]c1ccccc1-2. The van der Waals surface area contributed by atoms with Gasteiger partial charge in [-0.2, -0.15) is 0 Å². The second-order valence-corrected chi connectivity index (χ2v) is 7.87. The Hall–Kier alpha value is -2.09. The lowest BCUT2D eigenvalue weighted by Crippen LogP contribution is -2.22. The lowest BCUT2D eigenvalue weighted by atomic mass is 9.91. The number of benzene rings is 2. The molecule has 2 heteroatoms. The number of unbranched alkanes of at least 4 members (excludes halogenated alkanes) is 1. The van der Waals surface area contributed by atoms with E-state index in [1.165, 1.54) is 19.3 Å². The van der Waals surface area contributed by atoms with Crippen LogP contribution in [0.1, 0.15) is 87.2 Å². The molecule has 0 aliphatic heterocycles. The largest absolute Gasteiger partial charge is 0.459 e. The van der Waals surface area contributed by atoms with Crippen molar-refractivity contribution in [2.75, 3.05) is 0 Å². The highest BCUT2D eigenvalue weighted by molar-refractivity contribution is 5.97. The summed E-state index contributed by atoms with van der Waals surface area (Å²) in [6.45, 7) is 6.64. The van der Waals surface area contributed by atoms with Crippen molar-refractivity contribution in [2.45, 2.75) is 71.8 Å². The molecule has 0 aromatic heterocycles. The first-order chi connectivity index (χ1) is 13.7. The van der Waals surface area contributed by atoms with Gasteiger partial charge in [-0.1, -0.05) is 89.3 Å². The molecule has 28 heavy (non-hydrogen) atoms. The van der Waals surface area contributed by atoms with Crippen molar-refractivity contribution in [1.29, 1.82) is 0 Å². The van der Waals surface area contributed by atoms with E-state index in [9.17, 15) is 4.79 Å². The monoisotopic (exact) mass is 376 g/mol. The normalized spacial score (nSPS) is 14.2. The maximum absolute atomic E-state index is 13.1. The number of rotatable bonds is 10. The van der Waals surface area contributed by atoms with Gasteiger partial charge in [0.1, 0.15) is 6.10 Å². The van der Waals surface area contributed by atoms with Crippen LogP contribution in [0.4, 0.5) is 0 Å². The van der Waals surface area contributed by atoms with Gasteiger partial charge in [0.2, 0.25) is 0 Å². The minimum Gasteiger partial charge on any atom is -0.459 e. The lowest BCUT2D eigenvalue weighted by Gasteiger charge is -2.23. The second-order valence-electron chi connectivity index (χ2n) is 7.87. The number of hydrogen-bond acceptors (Lipinski definition) is 2. The standard InChI is InChI=1S/C26H32O2/c1-4-7-12-19(6-3)17-21(11-5-2)28-26(27)24-16-10-15-23-22-14-9-8-13-20(22)18-25(23)24/h8-10,13-16,19,21H,4-7,11-12,17H2,1-3H3. The first-order valence-electron chi connectivity index (χ1n) is 10.9. The Morgan fingerprint density at radius 1 is 0.964 bits per heavy atom. The summed E-state index contributed by atoms with van der Waals surface area (Å²) in [6.07, 6.45) is 11.2. The summed E-state index contributed by atoms with van der Waals surface area (Å²) >= 11 is 0. The summed E-state index contributed by atoms with van der Waals surface area (Å²) in [5, 5.41) is 0. The topological polar surface area (TPSA) is 26.3 Å². The number of esters is 1. The van der Waals surface area contributed by atoms with Gasteiger partial charge in [-0.25, -0.2) is 4.79 Å². The molecule has 0 N–H and O–H groups in total. The van der Waals surface area contributed by atoms with Crippen molar-refractivity contribution < 1.29 is 9.53 Å². The van der Waals surface area contributed by atoms with Gasteiger partial charge in [0, 0.05) is 0 Å². The summed E-state index contributed by atoms with van der Waals surface area (Å²) in [7, 11) is 0. The van der Waals surface area contributed by atoms with Crippen molar-refractivity contribution in [3.8, 4) is 11.1 Å². The van der Waals surface area contributed by atoms with Crippen LogP contribution < -0.4 is 0 Å². The van der Waals surface area contributed by atoms with Gasteiger partial charge in [-0.15, -0.1) is 0 Å². The molecule has 2 nitrogen and oxygen atoms in total. The van der Waals surface area contributed by atoms with Gasteiger partial charge in [-0.3, -0.25) is 0 Å². The highest BCUT2D eigenvalue weighted by Gasteiger charge is 2.26. The van der Waals surface area contributed by atoms with Gasteiger partial charge in [0.25, 0.3) is 0 Å². The van der Waals surface area contributed by atoms with E-state index in [1.807, 2.05) is 30.3 Å². The van der Waals surface area contributed by atoms with E-state index in [1.54, 1.807) is 0 Å². The average Bonchev–Trinajstić information content (AvgIpc) is 3.09. The minimum atomic E-state index is -0.207. The molecule has 0 saturated carbocycles. The third kappa shape index (κ3) is 4.66. The molecule has 148 valence electrons. The summed E-state index contributed by atoms with van der Waals surface area (Å²) in [6, 6.07) is 14.0. The fourth-order valence-electron chi connectivity index (χ4n) is 4.16. The van der Waals surface area contributed by atoms with Gasteiger partial charge < -0.3 is 4.74 Å². The Morgan fingerprint density at radius 3 is 2.50 bits per heavy atom.